The molecule has 0 saturated heterocycles. The molecule has 1 aromatic heterocycles. The van der Waals surface area contributed by atoms with E-state index in [4.69, 9.17) is 11.6 Å². The molecular formula is C20H19ClFN3O. The predicted molar refractivity (Wildman–Crippen MR) is 101 cm³/mol. The molecule has 0 spiro atoms. The van der Waals surface area contributed by atoms with Crippen LogP contribution in [0.25, 0.3) is 16.9 Å². The topological polar surface area (TPSA) is 46.9 Å². The highest BCUT2D eigenvalue weighted by Gasteiger charge is 2.21. The van der Waals surface area contributed by atoms with Crippen LogP contribution in [0.15, 0.2) is 54.6 Å². The summed E-state index contributed by atoms with van der Waals surface area (Å²) in [4.78, 5) is 12.7. The Kier molecular flexibility index (Phi) is 5.38. The summed E-state index contributed by atoms with van der Waals surface area (Å²) in [7, 11) is 0. The summed E-state index contributed by atoms with van der Waals surface area (Å²) in [5.41, 5.74) is 1.57. The van der Waals surface area contributed by atoms with Crippen molar-refractivity contribution in [2.75, 3.05) is 0 Å². The number of benzene rings is 2. The predicted octanol–water partition coefficient (Wildman–Crippen LogP) is 4.86. The number of hydrogen-bond acceptors (Lipinski definition) is 2. The number of nitrogens with one attached hydrogen (secondary N) is 1. The zero-order chi connectivity index (χ0) is 18.7. The lowest BCUT2D eigenvalue weighted by molar-refractivity contribution is 0.0931. The molecule has 2 aromatic carbocycles. The van der Waals surface area contributed by atoms with E-state index in [1.54, 1.807) is 42.5 Å². The fourth-order valence-electron chi connectivity index (χ4n) is 2.55. The van der Waals surface area contributed by atoms with E-state index in [2.05, 4.69) is 10.4 Å². The van der Waals surface area contributed by atoms with Crippen molar-refractivity contribution in [1.29, 1.82) is 0 Å². The first-order valence-corrected chi connectivity index (χ1v) is 8.79. The number of amides is 1. The number of rotatable bonds is 5. The largest absolute Gasteiger partial charge is 0.348 e. The van der Waals surface area contributed by atoms with Crippen LogP contribution in [-0.4, -0.2) is 21.7 Å². The zero-order valence-corrected chi connectivity index (χ0v) is 15.3. The van der Waals surface area contributed by atoms with Crippen LogP contribution in [-0.2, 0) is 0 Å². The second kappa shape index (κ2) is 7.70. The number of para-hydroxylation sites is 1. The zero-order valence-electron chi connectivity index (χ0n) is 14.5. The maximum Gasteiger partial charge on any atom is 0.270 e. The summed E-state index contributed by atoms with van der Waals surface area (Å²) >= 11 is 6.29. The third kappa shape index (κ3) is 3.63. The molecule has 3 aromatic rings. The Balaban J connectivity index is 2.14. The van der Waals surface area contributed by atoms with E-state index in [-0.39, 0.29) is 11.9 Å². The molecular weight excluding hydrogens is 353 g/mol. The highest BCUT2D eigenvalue weighted by atomic mass is 35.5. The molecule has 0 aliphatic heterocycles. The molecule has 1 heterocycles. The molecule has 0 unspecified atom stereocenters. The third-order valence-corrected chi connectivity index (χ3v) is 4.48. The van der Waals surface area contributed by atoms with Crippen LogP contribution in [0.4, 0.5) is 4.39 Å². The van der Waals surface area contributed by atoms with Crippen LogP contribution in [0.3, 0.4) is 0 Å². The van der Waals surface area contributed by atoms with Crippen LogP contribution in [0, 0.1) is 5.82 Å². The molecule has 0 aliphatic carbocycles. The van der Waals surface area contributed by atoms with Gasteiger partial charge < -0.3 is 5.32 Å². The van der Waals surface area contributed by atoms with Gasteiger partial charge in [-0.25, -0.2) is 9.07 Å². The Labute approximate surface area is 156 Å². The van der Waals surface area contributed by atoms with Gasteiger partial charge in [0.1, 0.15) is 11.5 Å². The van der Waals surface area contributed by atoms with Gasteiger partial charge in [0.05, 0.1) is 16.4 Å². The smallest absolute Gasteiger partial charge is 0.270 e. The van der Waals surface area contributed by atoms with Crippen molar-refractivity contribution in [1.82, 2.24) is 15.1 Å². The van der Waals surface area contributed by atoms with Gasteiger partial charge in [-0.2, -0.15) is 5.10 Å². The van der Waals surface area contributed by atoms with E-state index in [0.717, 1.165) is 6.42 Å². The van der Waals surface area contributed by atoms with Crippen molar-refractivity contribution < 1.29 is 9.18 Å². The second-order valence-electron chi connectivity index (χ2n) is 6.04. The summed E-state index contributed by atoms with van der Waals surface area (Å²) in [5.74, 6) is -0.681. The van der Waals surface area contributed by atoms with Gasteiger partial charge in [-0.05, 0) is 43.7 Å². The van der Waals surface area contributed by atoms with Gasteiger partial charge in [0.15, 0.2) is 0 Å². The highest BCUT2D eigenvalue weighted by molar-refractivity contribution is 6.32. The number of hydrogen-bond donors (Lipinski definition) is 1. The standard InChI is InChI=1S/C20H19ClFN3O/c1-3-13(2)23-20(26)19-12-17(14-8-4-6-10-16(14)22)24-25(19)18-11-7-5-9-15(18)21/h4-13H,3H2,1-2H3,(H,23,26)/t13-/m1/s1. The summed E-state index contributed by atoms with van der Waals surface area (Å²) in [6.45, 7) is 3.91. The monoisotopic (exact) mass is 371 g/mol. The molecule has 0 fully saturated rings. The fraction of sp³-hybridized carbons (Fsp3) is 0.200. The molecule has 4 nitrogen and oxygen atoms in total. The minimum Gasteiger partial charge on any atom is -0.348 e. The van der Waals surface area contributed by atoms with Crippen LogP contribution >= 0.6 is 11.6 Å². The van der Waals surface area contributed by atoms with E-state index in [1.165, 1.54) is 10.7 Å². The number of aromatic nitrogens is 2. The van der Waals surface area contributed by atoms with Crippen LogP contribution < -0.4 is 5.32 Å². The second-order valence-corrected chi connectivity index (χ2v) is 6.45. The first-order valence-electron chi connectivity index (χ1n) is 8.42. The maximum atomic E-state index is 14.2. The molecule has 1 N–H and O–H groups in total. The van der Waals surface area contributed by atoms with Crippen molar-refractivity contribution in [2.45, 2.75) is 26.3 Å². The van der Waals surface area contributed by atoms with Gasteiger partial charge in [0, 0.05) is 11.6 Å². The lowest BCUT2D eigenvalue weighted by Gasteiger charge is -2.13. The molecule has 6 heteroatoms. The number of halogens is 2. The lowest BCUT2D eigenvalue weighted by atomic mass is 10.1. The SMILES string of the molecule is CC[C@@H](C)NC(=O)c1cc(-c2ccccc2F)nn1-c1ccccc1Cl. The van der Waals surface area contributed by atoms with Gasteiger partial charge in [-0.15, -0.1) is 0 Å². The first-order chi connectivity index (χ1) is 12.5. The van der Waals surface area contributed by atoms with Crippen LogP contribution in [0.5, 0.6) is 0 Å². The van der Waals surface area contributed by atoms with Crippen molar-refractivity contribution in [2.24, 2.45) is 0 Å². The van der Waals surface area contributed by atoms with E-state index in [9.17, 15) is 9.18 Å². The Hall–Kier alpha value is -2.66. The van der Waals surface area contributed by atoms with Gasteiger partial charge in [0.2, 0.25) is 0 Å². The van der Waals surface area contributed by atoms with E-state index >= 15 is 0 Å². The summed E-state index contributed by atoms with van der Waals surface area (Å²) < 4.78 is 15.6. The van der Waals surface area contributed by atoms with Gasteiger partial charge >= 0.3 is 0 Å². The molecule has 0 radical (unpaired) electrons. The molecule has 3 rings (SSSR count). The molecule has 0 saturated carbocycles. The van der Waals surface area contributed by atoms with E-state index in [1.807, 2.05) is 19.9 Å². The number of carbonyl (C=O) groups is 1. The summed E-state index contributed by atoms with van der Waals surface area (Å²) in [6, 6.07) is 15.0. The van der Waals surface area contributed by atoms with Gasteiger partial charge in [0.25, 0.3) is 5.91 Å². The molecule has 0 aliphatic rings. The van der Waals surface area contributed by atoms with Gasteiger partial charge in [-0.1, -0.05) is 42.8 Å². The first kappa shape index (κ1) is 18.1. The minimum atomic E-state index is -0.398. The maximum absolute atomic E-state index is 14.2. The molecule has 0 bridgehead atoms. The Morgan fingerprint density at radius 1 is 1.23 bits per heavy atom. The minimum absolute atomic E-state index is 0.00834. The van der Waals surface area contributed by atoms with Gasteiger partial charge in [-0.3, -0.25) is 4.79 Å². The van der Waals surface area contributed by atoms with Crippen LogP contribution in [0.2, 0.25) is 5.02 Å². The van der Waals surface area contributed by atoms with Crippen LogP contribution in [0.1, 0.15) is 30.8 Å². The van der Waals surface area contributed by atoms with Crippen molar-refractivity contribution in [3.05, 3.63) is 71.1 Å². The molecule has 26 heavy (non-hydrogen) atoms. The summed E-state index contributed by atoms with van der Waals surface area (Å²) in [5, 5.41) is 7.83. The molecule has 1 atom stereocenters. The molecule has 1 amide bonds. The highest BCUT2D eigenvalue weighted by Crippen LogP contribution is 2.27. The fourth-order valence-corrected chi connectivity index (χ4v) is 2.77. The van der Waals surface area contributed by atoms with Crippen molar-refractivity contribution in [3.63, 3.8) is 0 Å². The van der Waals surface area contributed by atoms with E-state index < -0.39 is 5.82 Å². The Bertz CT molecular complexity index is 938. The normalized spacial score (nSPS) is 12.0. The molecule has 134 valence electrons. The summed E-state index contributed by atoms with van der Waals surface area (Å²) in [6.07, 6.45) is 0.798. The third-order valence-electron chi connectivity index (χ3n) is 4.16. The Morgan fingerprint density at radius 2 is 1.92 bits per heavy atom. The average molecular weight is 372 g/mol. The average Bonchev–Trinajstić information content (AvgIpc) is 3.07. The van der Waals surface area contributed by atoms with Crippen molar-refractivity contribution >= 4 is 17.5 Å². The number of nitrogens with zero attached hydrogens (tertiary/aromatic N) is 2. The quantitative estimate of drug-likeness (QED) is 0.696. The van der Waals surface area contributed by atoms with E-state index in [0.29, 0.717) is 27.7 Å². The van der Waals surface area contributed by atoms with Crippen molar-refractivity contribution in [3.8, 4) is 16.9 Å². The Morgan fingerprint density at radius 3 is 2.62 bits per heavy atom. The lowest BCUT2D eigenvalue weighted by Crippen LogP contribution is -2.33. The number of carbonyl (C=O) groups excluding carboxylic acids is 1.